The number of aromatic carboxylic acids is 1. The number of fused-ring (bicyclic) bond motifs is 1. The smallest absolute Gasteiger partial charge is 0.335 e. The van der Waals surface area contributed by atoms with Crippen molar-refractivity contribution in [2.45, 2.75) is 44.6 Å². The fourth-order valence-corrected chi connectivity index (χ4v) is 5.18. The average Bonchev–Trinajstić information content (AvgIpc) is 3.48. The zero-order chi connectivity index (χ0) is 26.1. The topological polar surface area (TPSA) is 142 Å². The van der Waals surface area contributed by atoms with Crippen LogP contribution >= 0.6 is 11.6 Å². The maximum Gasteiger partial charge on any atom is 0.335 e. The minimum atomic E-state index is -1.15. The third-order valence-corrected chi connectivity index (χ3v) is 7.20. The summed E-state index contributed by atoms with van der Waals surface area (Å²) in [6.07, 6.45) is 5.51. The molecule has 3 amide bonds. The molecule has 5 rings (SSSR count). The van der Waals surface area contributed by atoms with Gasteiger partial charge in [-0.05, 0) is 62.4 Å². The first-order valence-corrected chi connectivity index (χ1v) is 12.5. The van der Waals surface area contributed by atoms with Crippen LogP contribution < -0.4 is 10.6 Å². The molecular formula is C26H25ClN4O6. The molecule has 1 aliphatic heterocycles. The van der Waals surface area contributed by atoms with Gasteiger partial charge in [0.2, 0.25) is 17.6 Å². The van der Waals surface area contributed by atoms with Crippen molar-refractivity contribution >= 4 is 57.8 Å². The molecule has 1 saturated heterocycles. The fourth-order valence-electron chi connectivity index (χ4n) is 5.07. The van der Waals surface area contributed by atoms with E-state index in [1.807, 2.05) is 4.90 Å². The summed E-state index contributed by atoms with van der Waals surface area (Å²) in [6.45, 7) is 0.772. The van der Waals surface area contributed by atoms with Gasteiger partial charge in [-0.15, -0.1) is 0 Å². The van der Waals surface area contributed by atoms with E-state index in [2.05, 4.69) is 15.6 Å². The molecule has 1 aliphatic carbocycles. The molecular weight excluding hydrogens is 500 g/mol. The zero-order valence-corrected chi connectivity index (χ0v) is 20.6. The number of nitrogens with one attached hydrogen (secondary N) is 2. The SMILES string of the molecule is O=C(O)c1ccc2oc(C(=O)Nc3ccc(Cl)cn3)c(NC(=O)C3CCC(N4CCCC4=O)CC3)c2c1. The van der Waals surface area contributed by atoms with Crippen molar-refractivity contribution in [1.29, 1.82) is 0 Å². The van der Waals surface area contributed by atoms with Gasteiger partial charge in [-0.25, -0.2) is 9.78 Å². The maximum atomic E-state index is 13.3. The number of anilines is 2. The molecule has 1 aromatic carbocycles. The molecule has 0 bridgehead atoms. The second-order valence-electron chi connectivity index (χ2n) is 9.32. The number of pyridine rings is 1. The van der Waals surface area contributed by atoms with Gasteiger partial charge in [0.1, 0.15) is 17.1 Å². The Morgan fingerprint density at radius 1 is 1.08 bits per heavy atom. The highest BCUT2D eigenvalue weighted by Crippen LogP contribution is 2.35. The lowest BCUT2D eigenvalue weighted by molar-refractivity contribution is -0.130. The summed E-state index contributed by atoms with van der Waals surface area (Å²) in [6, 6.07) is 7.42. The van der Waals surface area contributed by atoms with Crippen LogP contribution in [0.2, 0.25) is 5.02 Å². The van der Waals surface area contributed by atoms with Crippen molar-refractivity contribution in [2.24, 2.45) is 5.92 Å². The van der Waals surface area contributed by atoms with E-state index in [4.69, 9.17) is 16.0 Å². The lowest BCUT2D eigenvalue weighted by atomic mass is 9.84. The fraction of sp³-hybridized carbons (Fsp3) is 0.346. The van der Waals surface area contributed by atoms with E-state index in [0.717, 1.165) is 25.8 Å². The summed E-state index contributed by atoms with van der Waals surface area (Å²) < 4.78 is 5.76. The summed E-state index contributed by atoms with van der Waals surface area (Å²) in [4.78, 5) is 56.0. The number of halogens is 1. The van der Waals surface area contributed by atoms with Crippen molar-refractivity contribution in [3.8, 4) is 0 Å². The molecule has 37 heavy (non-hydrogen) atoms. The number of amides is 3. The van der Waals surface area contributed by atoms with E-state index in [1.165, 1.54) is 30.5 Å². The number of aromatic nitrogens is 1. The molecule has 0 unspecified atom stereocenters. The van der Waals surface area contributed by atoms with Gasteiger partial charge in [-0.3, -0.25) is 14.4 Å². The summed E-state index contributed by atoms with van der Waals surface area (Å²) in [5, 5.41) is 15.6. The first-order chi connectivity index (χ1) is 17.8. The minimum Gasteiger partial charge on any atom is -0.478 e. The lowest BCUT2D eigenvalue weighted by Gasteiger charge is -2.34. The van der Waals surface area contributed by atoms with Crippen LogP contribution in [0.3, 0.4) is 0 Å². The molecule has 10 nitrogen and oxygen atoms in total. The van der Waals surface area contributed by atoms with Gasteiger partial charge in [-0.2, -0.15) is 0 Å². The Bertz CT molecular complexity index is 1380. The Morgan fingerprint density at radius 2 is 1.86 bits per heavy atom. The molecule has 3 aromatic rings. The standard InChI is InChI=1S/C26H25ClN4O6/c27-16-6-10-20(28-13-16)29-25(34)23-22(18-12-15(26(35)36)5-9-19(18)37-23)30-24(33)14-3-7-17(8-4-14)31-11-1-2-21(31)32/h5-6,9-10,12-14,17H,1-4,7-8,11H2,(H,30,33)(H,35,36)(H,28,29,34). The molecule has 0 radical (unpaired) electrons. The van der Waals surface area contributed by atoms with Crippen LogP contribution in [-0.2, 0) is 9.59 Å². The van der Waals surface area contributed by atoms with Crippen molar-refractivity contribution in [1.82, 2.24) is 9.88 Å². The Labute approximate surface area is 217 Å². The van der Waals surface area contributed by atoms with Crippen LogP contribution in [0.25, 0.3) is 11.0 Å². The number of hydrogen-bond acceptors (Lipinski definition) is 6. The number of carbonyl (C=O) groups is 4. The molecule has 11 heteroatoms. The van der Waals surface area contributed by atoms with Crippen LogP contribution in [0.15, 0.2) is 40.9 Å². The first-order valence-electron chi connectivity index (χ1n) is 12.1. The van der Waals surface area contributed by atoms with Crippen LogP contribution in [0.4, 0.5) is 11.5 Å². The second-order valence-corrected chi connectivity index (χ2v) is 9.76. The number of furan rings is 1. The maximum absolute atomic E-state index is 13.3. The van der Waals surface area contributed by atoms with Gasteiger partial charge in [0.25, 0.3) is 5.91 Å². The first kappa shape index (κ1) is 24.8. The number of rotatable bonds is 6. The quantitative estimate of drug-likeness (QED) is 0.429. The van der Waals surface area contributed by atoms with Gasteiger partial charge in [0, 0.05) is 36.5 Å². The Balaban J connectivity index is 1.38. The predicted octanol–water partition coefficient (Wildman–Crippen LogP) is 4.55. The molecule has 2 fully saturated rings. The molecule has 3 N–H and O–H groups in total. The minimum absolute atomic E-state index is 0.00841. The van der Waals surface area contributed by atoms with Crippen molar-refractivity contribution < 1.29 is 28.7 Å². The van der Waals surface area contributed by atoms with E-state index in [-0.39, 0.29) is 52.2 Å². The van der Waals surface area contributed by atoms with Crippen LogP contribution in [-0.4, -0.2) is 51.3 Å². The van der Waals surface area contributed by atoms with E-state index in [1.54, 1.807) is 6.07 Å². The highest BCUT2D eigenvalue weighted by Gasteiger charge is 2.34. The number of benzene rings is 1. The number of carboxylic acid groups (broad SMARTS) is 1. The highest BCUT2D eigenvalue weighted by atomic mass is 35.5. The van der Waals surface area contributed by atoms with Gasteiger partial charge in [-0.1, -0.05) is 11.6 Å². The molecule has 2 aromatic heterocycles. The third-order valence-electron chi connectivity index (χ3n) is 6.98. The average molecular weight is 525 g/mol. The molecule has 0 atom stereocenters. The number of carboxylic acids is 1. The Morgan fingerprint density at radius 3 is 2.51 bits per heavy atom. The summed E-state index contributed by atoms with van der Waals surface area (Å²) in [7, 11) is 0. The van der Waals surface area contributed by atoms with Gasteiger partial charge < -0.3 is 25.1 Å². The van der Waals surface area contributed by atoms with E-state index in [0.29, 0.717) is 29.7 Å². The van der Waals surface area contributed by atoms with Crippen molar-refractivity contribution in [3.05, 3.63) is 52.9 Å². The Hall–Kier alpha value is -3.92. The van der Waals surface area contributed by atoms with E-state index < -0.39 is 11.9 Å². The number of carbonyl (C=O) groups excluding carboxylic acids is 3. The molecule has 0 spiro atoms. The van der Waals surface area contributed by atoms with Crippen molar-refractivity contribution in [3.63, 3.8) is 0 Å². The normalized spacial score (nSPS) is 19.7. The van der Waals surface area contributed by atoms with Gasteiger partial charge >= 0.3 is 5.97 Å². The van der Waals surface area contributed by atoms with Crippen LogP contribution in [0.1, 0.15) is 59.4 Å². The monoisotopic (exact) mass is 524 g/mol. The number of likely N-dealkylation sites (tertiary alicyclic amines) is 1. The van der Waals surface area contributed by atoms with Gasteiger partial charge in [0.15, 0.2) is 0 Å². The van der Waals surface area contributed by atoms with Crippen LogP contribution in [0, 0.1) is 5.92 Å². The highest BCUT2D eigenvalue weighted by molar-refractivity contribution is 6.30. The number of hydrogen-bond donors (Lipinski definition) is 3. The van der Waals surface area contributed by atoms with Crippen LogP contribution in [0.5, 0.6) is 0 Å². The van der Waals surface area contributed by atoms with E-state index >= 15 is 0 Å². The third kappa shape index (κ3) is 5.15. The Kier molecular flexibility index (Phi) is 6.84. The molecule has 2 aliphatic rings. The number of nitrogens with zero attached hydrogens (tertiary/aromatic N) is 2. The molecule has 192 valence electrons. The van der Waals surface area contributed by atoms with Gasteiger partial charge in [0.05, 0.1) is 10.6 Å². The lowest BCUT2D eigenvalue weighted by Crippen LogP contribution is -2.40. The largest absolute Gasteiger partial charge is 0.478 e. The summed E-state index contributed by atoms with van der Waals surface area (Å²) in [5.41, 5.74) is 0.350. The van der Waals surface area contributed by atoms with E-state index in [9.17, 15) is 24.3 Å². The predicted molar refractivity (Wildman–Crippen MR) is 136 cm³/mol. The summed E-state index contributed by atoms with van der Waals surface area (Å²) in [5.74, 6) is -2.16. The zero-order valence-electron chi connectivity index (χ0n) is 19.8. The molecule has 1 saturated carbocycles. The second kappa shape index (κ2) is 10.2. The van der Waals surface area contributed by atoms with Crippen molar-refractivity contribution in [2.75, 3.05) is 17.2 Å². The summed E-state index contributed by atoms with van der Waals surface area (Å²) >= 11 is 5.86. The molecule has 3 heterocycles.